The molecule has 0 atom stereocenters. The third kappa shape index (κ3) is 2.94. The Hall–Kier alpha value is -2.09. The number of esters is 1. The van der Waals surface area contributed by atoms with E-state index in [1.807, 2.05) is 42.5 Å². The number of carbonyl (C=O) groups is 1. The third-order valence-corrected chi connectivity index (χ3v) is 2.54. The maximum atomic E-state index is 11.4. The van der Waals surface area contributed by atoms with Crippen molar-refractivity contribution in [1.29, 1.82) is 0 Å². The molecule has 0 saturated carbocycles. The molecule has 2 aromatic rings. The minimum absolute atomic E-state index is 0.298. The number of hydrogen-bond acceptors (Lipinski definition) is 2. The molecule has 0 aliphatic carbocycles. The Morgan fingerprint density at radius 2 is 1.94 bits per heavy atom. The zero-order valence-corrected chi connectivity index (χ0v) is 9.64. The van der Waals surface area contributed by atoms with Gasteiger partial charge in [0, 0.05) is 0 Å². The summed E-state index contributed by atoms with van der Waals surface area (Å²) in [5, 5.41) is 0. The van der Waals surface area contributed by atoms with Gasteiger partial charge in [0.15, 0.2) is 0 Å². The first-order chi connectivity index (χ1) is 8.29. The minimum Gasteiger partial charge on any atom is -0.465 e. The van der Waals surface area contributed by atoms with Crippen LogP contribution in [0, 0.1) is 6.07 Å². The average molecular weight is 225 g/mol. The minimum atomic E-state index is -0.298. The summed E-state index contributed by atoms with van der Waals surface area (Å²) in [6.45, 7) is 0. The topological polar surface area (TPSA) is 26.3 Å². The molecule has 0 N–H and O–H groups in total. The van der Waals surface area contributed by atoms with Gasteiger partial charge in [-0.05, 0) is 35.7 Å². The molecule has 0 saturated heterocycles. The normalized spacial score (nSPS) is 9.94. The number of benzene rings is 2. The first kappa shape index (κ1) is 11.4. The largest absolute Gasteiger partial charge is 0.465 e. The summed E-state index contributed by atoms with van der Waals surface area (Å²) in [5.41, 5.74) is 2.89. The van der Waals surface area contributed by atoms with Crippen LogP contribution < -0.4 is 0 Å². The van der Waals surface area contributed by atoms with Gasteiger partial charge in [-0.15, -0.1) is 0 Å². The molecule has 0 heterocycles. The number of carbonyl (C=O) groups excluding carboxylic acids is 1. The lowest BCUT2D eigenvalue weighted by Gasteiger charge is -2.04. The second-order valence-electron chi connectivity index (χ2n) is 3.78. The van der Waals surface area contributed by atoms with Gasteiger partial charge in [-0.1, -0.05) is 36.4 Å². The Morgan fingerprint density at radius 3 is 2.65 bits per heavy atom. The number of methoxy groups -OCH3 is 1. The molecule has 1 radical (unpaired) electrons. The summed E-state index contributed by atoms with van der Waals surface area (Å²) in [6.07, 6.45) is 0.805. The summed E-state index contributed by atoms with van der Waals surface area (Å²) in [7, 11) is 1.39. The third-order valence-electron chi connectivity index (χ3n) is 2.54. The molecule has 0 unspecified atom stereocenters. The molecular formula is C15H13O2. The maximum absolute atomic E-state index is 11.4. The fraction of sp³-hybridized carbons (Fsp3) is 0.133. The zero-order valence-electron chi connectivity index (χ0n) is 9.64. The van der Waals surface area contributed by atoms with Gasteiger partial charge in [0.25, 0.3) is 0 Å². The van der Waals surface area contributed by atoms with Gasteiger partial charge in [-0.25, -0.2) is 4.79 Å². The number of rotatable bonds is 3. The fourth-order valence-corrected chi connectivity index (χ4v) is 1.70. The lowest BCUT2D eigenvalue weighted by Crippen LogP contribution is -2.01. The Bertz CT molecular complexity index is 503. The molecule has 0 spiro atoms. The summed E-state index contributed by atoms with van der Waals surface area (Å²) < 4.78 is 4.70. The summed E-state index contributed by atoms with van der Waals surface area (Å²) in [5.74, 6) is -0.298. The Balaban J connectivity index is 2.20. The number of hydrogen-bond donors (Lipinski definition) is 0. The van der Waals surface area contributed by atoms with Gasteiger partial charge in [0.2, 0.25) is 0 Å². The van der Waals surface area contributed by atoms with Crippen LogP contribution in [0.25, 0.3) is 0 Å². The van der Waals surface area contributed by atoms with Crippen molar-refractivity contribution in [2.45, 2.75) is 6.42 Å². The van der Waals surface area contributed by atoms with Gasteiger partial charge in [0.05, 0.1) is 12.7 Å². The molecular weight excluding hydrogens is 212 g/mol. The molecule has 0 aliphatic heterocycles. The molecule has 2 rings (SSSR count). The van der Waals surface area contributed by atoms with Gasteiger partial charge in [-0.3, -0.25) is 0 Å². The van der Waals surface area contributed by atoms with Crippen LogP contribution in [-0.2, 0) is 11.2 Å². The lowest BCUT2D eigenvalue weighted by atomic mass is 10.0. The first-order valence-electron chi connectivity index (χ1n) is 5.42. The van der Waals surface area contributed by atoms with E-state index in [1.165, 1.54) is 12.7 Å². The van der Waals surface area contributed by atoms with E-state index in [1.54, 1.807) is 6.07 Å². The predicted octanol–water partition coefficient (Wildman–Crippen LogP) is 2.86. The van der Waals surface area contributed by atoms with Crippen molar-refractivity contribution in [3.05, 3.63) is 71.3 Å². The van der Waals surface area contributed by atoms with E-state index in [9.17, 15) is 4.79 Å². The van der Waals surface area contributed by atoms with Crippen LogP contribution in [0.2, 0.25) is 0 Å². The van der Waals surface area contributed by atoms with Crippen LogP contribution in [0.1, 0.15) is 21.5 Å². The van der Waals surface area contributed by atoms with Crippen molar-refractivity contribution in [2.75, 3.05) is 7.11 Å². The molecule has 0 aliphatic rings. The average Bonchev–Trinajstić information content (AvgIpc) is 2.39. The van der Waals surface area contributed by atoms with Crippen molar-refractivity contribution in [2.24, 2.45) is 0 Å². The van der Waals surface area contributed by atoms with Crippen LogP contribution in [0.3, 0.4) is 0 Å². The van der Waals surface area contributed by atoms with E-state index < -0.39 is 0 Å². The van der Waals surface area contributed by atoms with E-state index in [2.05, 4.69) is 6.07 Å². The molecule has 2 nitrogen and oxygen atoms in total. The smallest absolute Gasteiger partial charge is 0.337 e. The standard InChI is InChI=1S/C15H13O2/c1-17-15(16)14-9-5-8-13(11-14)10-12-6-3-2-4-7-12/h3-9,11H,10H2,1H3. The quantitative estimate of drug-likeness (QED) is 0.751. The van der Waals surface area contributed by atoms with Crippen LogP contribution >= 0.6 is 0 Å². The molecule has 17 heavy (non-hydrogen) atoms. The van der Waals surface area contributed by atoms with E-state index in [0.29, 0.717) is 5.56 Å². The van der Waals surface area contributed by atoms with Crippen molar-refractivity contribution in [1.82, 2.24) is 0 Å². The van der Waals surface area contributed by atoms with Crippen molar-refractivity contribution in [3.63, 3.8) is 0 Å². The van der Waals surface area contributed by atoms with Crippen molar-refractivity contribution < 1.29 is 9.53 Å². The summed E-state index contributed by atoms with van der Waals surface area (Å²) in [4.78, 5) is 11.4. The summed E-state index contributed by atoms with van der Waals surface area (Å²) in [6, 6.07) is 18.3. The highest BCUT2D eigenvalue weighted by Crippen LogP contribution is 2.11. The summed E-state index contributed by atoms with van der Waals surface area (Å²) >= 11 is 0. The van der Waals surface area contributed by atoms with E-state index in [4.69, 9.17) is 4.74 Å². The lowest BCUT2D eigenvalue weighted by molar-refractivity contribution is 0.0600. The Labute approximate surface area is 101 Å². The monoisotopic (exact) mass is 225 g/mol. The highest BCUT2D eigenvalue weighted by Gasteiger charge is 2.05. The van der Waals surface area contributed by atoms with Crippen LogP contribution in [0.5, 0.6) is 0 Å². The van der Waals surface area contributed by atoms with Crippen LogP contribution in [-0.4, -0.2) is 13.1 Å². The Morgan fingerprint density at radius 1 is 1.18 bits per heavy atom. The first-order valence-corrected chi connectivity index (χ1v) is 5.42. The van der Waals surface area contributed by atoms with Crippen LogP contribution in [0.4, 0.5) is 0 Å². The van der Waals surface area contributed by atoms with E-state index in [0.717, 1.165) is 12.0 Å². The van der Waals surface area contributed by atoms with Gasteiger partial charge >= 0.3 is 5.97 Å². The second-order valence-corrected chi connectivity index (χ2v) is 3.78. The highest BCUT2D eigenvalue weighted by molar-refractivity contribution is 5.89. The molecule has 2 aromatic carbocycles. The van der Waals surface area contributed by atoms with E-state index >= 15 is 0 Å². The fourth-order valence-electron chi connectivity index (χ4n) is 1.70. The van der Waals surface area contributed by atoms with Gasteiger partial charge < -0.3 is 4.74 Å². The highest BCUT2D eigenvalue weighted by atomic mass is 16.5. The second kappa shape index (κ2) is 5.30. The predicted molar refractivity (Wildman–Crippen MR) is 65.9 cm³/mol. The maximum Gasteiger partial charge on any atom is 0.337 e. The molecule has 2 heteroatoms. The van der Waals surface area contributed by atoms with Gasteiger partial charge in [-0.2, -0.15) is 0 Å². The molecule has 0 bridgehead atoms. The van der Waals surface area contributed by atoms with Crippen LogP contribution in [0.15, 0.2) is 48.5 Å². The van der Waals surface area contributed by atoms with Gasteiger partial charge in [0.1, 0.15) is 0 Å². The Kier molecular flexibility index (Phi) is 3.55. The molecule has 0 fully saturated rings. The van der Waals surface area contributed by atoms with Crippen molar-refractivity contribution in [3.8, 4) is 0 Å². The SMILES string of the molecule is COC(=O)c1cccc(Cc2cc[c]cc2)c1. The van der Waals surface area contributed by atoms with Crippen molar-refractivity contribution >= 4 is 5.97 Å². The number of ether oxygens (including phenoxy) is 1. The molecule has 0 amide bonds. The molecule has 0 aromatic heterocycles. The van der Waals surface area contributed by atoms with E-state index in [-0.39, 0.29) is 5.97 Å². The zero-order chi connectivity index (χ0) is 12.1. The molecule has 85 valence electrons.